The van der Waals surface area contributed by atoms with Crippen LogP contribution in [0.5, 0.6) is 11.5 Å². The molecule has 0 aromatic heterocycles. The van der Waals surface area contributed by atoms with E-state index in [0.717, 1.165) is 5.56 Å². The zero-order valence-electron chi connectivity index (χ0n) is 9.97. The van der Waals surface area contributed by atoms with E-state index in [0.29, 0.717) is 22.9 Å². The molecule has 0 unspecified atom stereocenters. The Morgan fingerprint density at radius 3 is 2.68 bits per heavy atom. The second-order valence-electron chi connectivity index (χ2n) is 3.94. The number of benzene rings is 2. The van der Waals surface area contributed by atoms with Gasteiger partial charge < -0.3 is 15.6 Å². The Labute approximate surface area is 121 Å². The molecule has 2 aromatic carbocycles. The lowest BCUT2D eigenvalue weighted by atomic mass is 10.2. The molecule has 19 heavy (non-hydrogen) atoms. The molecule has 3 nitrogen and oxygen atoms in total. The largest absolute Gasteiger partial charge is 0.508 e. The van der Waals surface area contributed by atoms with E-state index in [-0.39, 0.29) is 10.7 Å². The number of halogens is 1. The van der Waals surface area contributed by atoms with Gasteiger partial charge >= 0.3 is 0 Å². The molecule has 2 rings (SSSR count). The molecule has 2 aromatic rings. The Hall–Kier alpha value is -1.78. The molecule has 3 N–H and O–H groups in total. The summed E-state index contributed by atoms with van der Waals surface area (Å²) in [7, 11) is 0. The van der Waals surface area contributed by atoms with Crippen molar-refractivity contribution in [3.63, 3.8) is 0 Å². The molecule has 0 heterocycles. The number of phenolic OH excluding ortho intramolecular Hbond substituents is 1. The van der Waals surface area contributed by atoms with Gasteiger partial charge in [0.05, 0.1) is 10.6 Å². The summed E-state index contributed by atoms with van der Waals surface area (Å²) in [5, 5.41) is 9.84. The van der Waals surface area contributed by atoms with E-state index < -0.39 is 0 Å². The summed E-state index contributed by atoms with van der Waals surface area (Å²) < 4.78 is 5.66. The minimum absolute atomic E-state index is 0.191. The van der Waals surface area contributed by atoms with Crippen LogP contribution in [-0.2, 0) is 6.61 Å². The van der Waals surface area contributed by atoms with Crippen molar-refractivity contribution in [2.45, 2.75) is 6.61 Å². The first-order valence-corrected chi connectivity index (χ1v) is 6.35. The Bertz CT molecular complexity index is 616. The topological polar surface area (TPSA) is 55.5 Å². The van der Waals surface area contributed by atoms with E-state index in [2.05, 4.69) is 0 Å². The molecule has 0 spiro atoms. The van der Waals surface area contributed by atoms with Crippen LogP contribution in [0.1, 0.15) is 11.1 Å². The van der Waals surface area contributed by atoms with E-state index in [1.807, 2.05) is 6.07 Å². The van der Waals surface area contributed by atoms with Crippen molar-refractivity contribution < 1.29 is 9.84 Å². The maximum atomic E-state index is 9.38. The summed E-state index contributed by atoms with van der Waals surface area (Å²) in [6.45, 7) is 0.296. The highest BCUT2D eigenvalue weighted by Crippen LogP contribution is 2.27. The summed E-state index contributed by atoms with van der Waals surface area (Å²) in [5.41, 5.74) is 7.00. The van der Waals surface area contributed by atoms with Gasteiger partial charge in [0.2, 0.25) is 0 Å². The Balaban J connectivity index is 2.20. The molecule has 0 aliphatic rings. The molecule has 0 saturated carbocycles. The highest BCUT2D eigenvalue weighted by atomic mass is 35.5. The van der Waals surface area contributed by atoms with Crippen molar-refractivity contribution in [3.05, 3.63) is 58.6 Å². The van der Waals surface area contributed by atoms with Gasteiger partial charge in [0, 0.05) is 0 Å². The molecule has 98 valence electrons. The number of aromatic hydroxyl groups is 1. The molecular formula is C14H12ClNO2S. The lowest BCUT2D eigenvalue weighted by Crippen LogP contribution is -2.12. The van der Waals surface area contributed by atoms with Crippen molar-refractivity contribution in [1.29, 1.82) is 0 Å². The zero-order valence-corrected chi connectivity index (χ0v) is 11.5. The van der Waals surface area contributed by atoms with Crippen LogP contribution in [0.3, 0.4) is 0 Å². The number of phenols is 1. The van der Waals surface area contributed by atoms with Crippen LogP contribution >= 0.6 is 23.8 Å². The Morgan fingerprint density at radius 2 is 2.00 bits per heavy atom. The van der Waals surface area contributed by atoms with Crippen LogP contribution in [0.15, 0.2) is 42.5 Å². The smallest absolute Gasteiger partial charge is 0.131 e. The summed E-state index contributed by atoms with van der Waals surface area (Å²) in [6.07, 6.45) is 0. The van der Waals surface area contributed by atoms with Crippen molar-refractivity contribution in [1.82, 2.24) is 0 Å². The second-order valence-corrected chi connectivity index (χ2v) is 4.78. The lowest BCUT2D eigenvalue weighted by Gasteiger charge is -2.12. The standard InChI is InChI=1S/C14H12ClNO2S/c15-11-5-2-6-12(13(11)14(16)19)18-8-9-3-1-4-10(17)7-9/h1-7,17H,8H2,(H2,16,19). The van der Waals surface area contributed by atoms with E-state index in [9.17, 15) is 5.11 Å². The van der Waals surface area contributed by atoms with E-state index >= 15 is 0 Å². The number of nitrogens with two attached hydrogens (primary N) is 1. The number of thiocarbonyl (C=S) groups is 1. The van der Waals surface area contributed by atoms with Crippen molar-refractivity contribution in [2.24, 2.45) is 5.73 Å². The predicted octanol–water partition coefficient (Wildman–Crippen LogP) is 3.26. The van der Waals surface area contributed by atoms with Gasteiger partial charge in [-0.25, -0.2) is 0 Å². The molecule has 0 saturated heterocycles. The lowest BCUT2D eigenvalue weighted by molar-refractivity contribution is 0.305. The summed E-state index contributed by atoms with van der Waals surface area (Å²) in [5.74, 6) is 0.727. The highest BCUT2D eigenvalue weighted by molar-refractivity contribution is 7.80. The summed E-state index contributed by atoms with van der Waals surface area (Å²) in [4.78, 5) is 0.191. The Morgan fingerprint density at radius 1 is 1.26 bits per heavy atom. The molecule has 0 aliphatic carbocycles. The van der Waals surface area contributed by atoms with Crippen LogP contribution in [0.2, 0.25) is 5.02 Å². The minimum Gasteiger partial charge on any atom is -0.508 e. The van der Waals surface area contributed by atoms with E-state index in [4.69, 9.17) is 34.3 Å². The first-order valence-electron chi connectivity index (χ1n) is 5.57. The van der Waals surface area contributed by atoms with Gasteiger partial charge in [0.1, 0.15) is 23.1 Å². The number of ether oxygens (including phenoxy) is 1. The fourth-order valence-corrected chi connectivity index (χ4v) is 2.21. The van der Waals surface area contributed by atoms with Gasteiger partial charge in [0.15, 0.2) is 0 Å². The second kappa shape index (κ2) is 5.91. The molecule has 0 amide bonds. The molecule has 0 bridgehead atoms. The fraction of sp³-hybridized carbons (Fsp3) is 0.0714. The first kappa shape index (κ1) is 13.6. The van der Waals surface area contributed by atoms with Crippen LogP contribution in [0.25, 0.3) is 0 Å². The highest BCUT2D eigenvalue weighted by Gasteiger charge is 2.11. The van der Waals surface area contributed by atoms with Gasteiger partial charge in [-0.3, -0.25) is 0 Å². The third kappa shape index (κ3) is 3.36. The van der Waals surface area contributed by atoms with Crippen LogP contribution < -0.4 is 10.5 Å². The number of hydrogen-bond acceptors (Lipinski definition) is 3. The maximum Gasteiger partial charge on any atom is 0.131 e. The third-order valence-electron chi connectivity index (χ3n) is 2.53. The molecule has 0 radical (unpaired) electrons. The SMILES string of the molecule is NC(=S)c1c(Cl)cccc1OCc1cccc(O)c1. The average molecular weight is 294 g/mol. The van der Waals surface area contributed by atoms with Crippen molar-refractivity contribution in [3.8, 4) is 11.5 Å². The van der Waals surface area contributed by atoms with Gasteiger partial charge in [-0.1, -0.05) is 42.0 Å². The van der Waals surface area contributed by atoms with Crippen LogP contribution in [-0.4, -0.2) is 10.1 Å². The minimum atomic E-state index is 0.191. The quantitative estimate of drug-likeness (QED) is 0.850. The molecule has 0 atom stereocenters. The van der Waals surface area contributed by atoms with Gasteiger partial charge in [-0.05, 0) is 29.8 Å². The fourth-order valence-electron chi connectivity index (χ4n) is 1.67. The third-order valence-corrected chi connectivity index (χ3v) is 3.05. The number of hydrogen-bond donors (Lipinski definition) is 2. The molecule has 0 fully saturated rings. The Kier molecular flexibility index (Phi) is 4.24. The van der Waals surface area contributed by atoms with Crippen molar-refractivity contribution in [2.75, 3.05) is 0 Å². The van der Waals surface area contributed by atoms with Crippen LogP contribution in [0, 0.1) is 0 Å². The number of rotatable bonds is 4. The normalized spacial score (nSPS) is 10.2. The summed E-state index contributed by atoms with van der Waals surface area (Å²) >= 11 is 11.0. The summed E-state index contributed by atoms with van der Waals surface area (Å²) in [6, 6.07) is 12.1. The average Bonchev–Trinajstić information content (AvgIpc) is 2.36. The van der Waals surface area contributed by atoms with Crippen LogP contribution in [0.4, 0.5) is 0 Å². The molecule has 5 heteroatoms. The zero-order chi connectivity index (χ0) is 13.8. The first-order chi connectivity index (χ1) is 9.08. The van der Waals surface area contributed by atoms with E-state index in [1.165, 1.54) is 0 Å². The van der Waals surface area contributed by atoms with E-state index in [1.54, 1.807) is 36.4 Å². The maximum absolute atomic E-state index is 9.38. The van der Waals surface area contributed by atoms with Crippen molar-refractivity contribution >= 4 is 28.8 Å². The van der Waals surface area contributed by atoms with Gasteiger partial charge in [-0.2, -0.15) is 0 Å². The molecular weight excluding hydrogens is 282 g/mol. The molecule has 0 aliphatic heterocycles. The van der Waals surface area contributed by atoms with Gasteiger partial charge in [-0.15, -0.1) is 0 Å². The predicted molar refractivity (Wildman–Crippen MR) is 79.8 cm³/mol. The monoisotopic (exact) mass is 293 g/mol. The van der Waals surface area contributed by atoms with Gasteiger partial charge in [0.25, 0.3) is 0 Å².